The molecule has 0 spiro atoms. The molecule has 2 aliphatic rings. The van der Waals surface area contributed by atoms with Crippen molar-refractivity contribution in [3.63, 3.8) is 0 Å². The number of rotatable bonds is 4. The van der Waals surface area contributed by atoms with Gasteiger partial charge >= 0.3 is 0 Å². The smallest absolute Gasteiger partial charge is 0.0399 e. The van der Waals surface area contributed by atoms with E-state index < -0.39 is 0 Å². The highest BCUT2D eigenvalue weighted by Crippen LogP contribution is 2.27. The van der Waals surface area contributed by atoms with Crippen LogP contribution in [-0.2, 0) is 6.42 Å². The van der Waals surface area contributed by atoms with Crippen LogP contribution in [0.25, 0.3) is 0 Å². The van der Waals surface area contributed by atoms with E-state index in [0.717, 1.165) is 13.1 Å². The first-order chi connectivity index (χ1) is 9.34. The molecular formula is C16H25N3. The summed E-state index contributed by atoms with van der Waals surface area (Å²) in [6.07, 6.45) is 2.49. The Morgan fingerprint density at radius 2 is 1.95 bits per heavy atom. The lowest BCUT2D eigenvalue weighted by Crippen LogP contribution is -2.48. The second-order valence-electron chi connectivity index (χ2n) is 5.79. The quantitative estimate of drug-likeness (QED) is 0.888. The molecule has 1 aromatic carbocycles. The molecule has 0 amide bonds. The van der Waals surface area contributed by atoms with Crippen molar-refractivity contribution in [2.24, 2.45) is 0 Å². The minimum atomic E-state index is 0.704. The summed E-state index contributed by atoms with van der Waals surface area (Å²) in [7, 11) is 0. The summed E-state index contributed by atoms with van der Waals surface area (Å²) in [6, 6.07) is 9.57. The summed E-state index contributed by atoms with van der Waals surface area (Å²) in [4.78, 5) is 5.19. The summed E-state index contributed by atoms with van der Waals surface area (Å²) >= 11 is 0. The first kappa shape index (κ1) is 12.9. The standard InChI is InChI=1S/C16H25N3/c1-14(18-12-8-17-9-13-18)6-10-19-11-7-15-4-2-3-5-16(15)19/h2-5,14,17H,6-13H2,1H3. The molecule has 3 heteroatoms. The first-order valence-electron chi connectivity index (χ1n) is 7.62. The molecule has 2 heterocycles. The van der Waals surface area contributed by atoms with Gasteiger partial charge in [0.15, 0.2) is 0 Å². The summed E-state index contributed by atoms with van der Waals surface area (Å²) in [5.41, 5.74) is 2.99. The Bertz CT molecular complexity index is 412. The van der Waals surface area contributed by atoms with Gasteiger partial charge in [-0.3, -0.25) is 4.90 Å². The largest absolute Gasteiger partial charge is 0.371 e. The van der Waals surface area contributed by atoms with Crippen molar-refractivity contribution in [1.82, 2.24) is 10.2 Å². The normalized spacial score (nSPS) is 21.4. The van der Waals surface area contributed by atoms with Crippen LogP contribution in [0.5, 0.6) is 0 Å². The molecule has 3 rings (SSSR count). The topological polar surface area (TPSA) is 18.5 Å². The molecule has 1 fully saturated rings. The van der Waals surface area contributed by atoms with E-state index in [1.807, 2.05) is 0 Å². The van der Waals surface area contributed by atoms with Crippen LogP contribution in [0.1, 0.15) is 18.9 Å². The summed E-state index contributed by atoms with van der Waals surface area (Å²) in [5, 5.41) is 3.43. The SMILES string of the molecule is CC(CCN1CCc2ccccc21)N1CCNCC1. The van der Waals surface area contributed by atoms with Crippen LogP contribution in [-0.4, -0.2) is 50.2 Å². The zero-order valence-corrected chi connectivity index (χ0v) is 11.9. The van der Waals surface area contributed by atoms with Crippen molar-refractivity contribution < 1.29 is 0 Å². The predicted octanol–water partition coefficient (Wildman–Crippen LogP) is 1.73. The van der Waals surface area contributed by atoms with E-state index in [1.54, 1.807) is 0 Å². The predicted molar refractivity (Wildman–Crippen MR) is 80.9 cm³/mol. The third-order valence-electron chi connectivity index (χ3n) is 4.58. The van der Waals surface area contributed by atoms with Crippen molar-refractivity contribution in [2.45, 2.75) is 25.8 Å². The molecule has 0 aliphatic carbocycles. The van der Waals surface area contributed by atoms with Crippen LogP contribution in [0.2, 0.25) is 0 Å². The second-order valence-corrected chi connectivity index (χ2v) is 5.79. The molecule has 19 heavy (non-hydrogen) atoms. The van der Waals surface area contributed by atoms with Gasteiger partial charge < -0.3 is 10.2 Å². The minimum Gasteiger partial charge on any atom is -0.371 e. The number of para-hydroxylation sites is 1. The highest BCUT2D eigenvalue weighted by Gasteiger charge is 2.21. The molecule has 1 N–H and O–H groups in total. The lowest BCUT2D eigenvalue weighted by Gasteiger charge is -2.34. The highest BCUT2D eigenvalue weighted by atomic mass is 15.2. The van der Waals surface area contributed by atoms with E-state index in [4.69, 9.17) is 0 Å². The number of benzene rings is 1. The molecule has 1 unspecified atom stereocenters. The van der Waals surface area contributed by atoms with Crippen LogP contribution in [0.3, 0.4) is 0 Å². The lowest BCUT2D eigenvalue weighted by molar-refractivity contribution is 0.178. The van der Waals surface area contributed by atoms with E-state index in [1.165, 1.54) is 50.3 Å². The monoisotopic (exact) mass is 259 g/mol. The van der Waals surface area contributed by atoms with Gasteiger partial charge in [-0.2, -0.15) is 0 Å². The van der Waals surface area contributed by atoms with Crippen LogP contribution < -0.4 is 10.2 Å². The van der Waals surface area contributed by atoms with Gasteiger partial charge in [0.1, 0.15) is 0 Å². The number of nitrogens with one attached hydrogen (secondary N) is 1. The number of fused-ring (bicyclic) bond motifs is 1. The molecular weight excluding hydrogens is 234 g/mol. The maximum absolute atomic E-state index is 3.43. The van der Waals surface area contributed by atoms with Crippen LogP contribution in [0.15, 0.2) is 24.3 Å². The molecule has 0 radical (unpaired) electrons. The molecule has 3 nitrogen and oxygen atoms in total. The lowest BCUT2D eigenvalue weighted by atomic mass is 10.1. The van der Waals surface area contributed by atoms with Crippen LogP contribution in [0.4, 0.5) is 5.69 Å². The molecule has 104 valence electrons. The average molecular weight is 259 g/mol. The van der Waals surface area contributed by atoms with Gasteiger partial charge in [-0.1, -0.05) is 18.2 Å². The van der Waals surface area contributed by atoms with E-state index in [-0.39, 0.29) is 0 Å². The van der Waals surface area contributed by atoms with Gasteiger partial charge in [0.2, 0.25) is 0 Å². The number of nitrogens with zero attached hydrogens (tertiary/aromatic N) is 2. The molecule has 0 saturated carbocycles. The maximum Gasteiger partial charge on any atom is 0.0399 e. The Morgan fingerprint density at radius 3 is 2.79 bits per heavy atom. The molecule has 1 atom stereocenters. The number of hydrogen-bond acceptors (Lipinski definition) is 3. The molecule has 1 saturated heterocycles. The number of hydrogen-bond donors (Lipinski definition) is 1. The Kier molecular flexibility index (Phi) is 4.04. The van der Waals surface area contributed by atoms with Gasteiger partial charge in [0, 0.05) is 51.0 Å². The van der Waals surface area contributed by atoms with Crippen LogP contribution in [0, 0.1) is 0 Å². The van der Waals surface area contributed by atoms with E-state index in [0.29, 0.717) is 6.04 Å². The Balaban J connectivity index is 1.52. The Morgan fingerprint density at radius 1 is 1.16 bits per heavy atom. The van der Waals surface area contributed by atoms with Gasteiger partial charge in [-0.05, 0) is 31.4 Å². The number of anilines is 1. The highest BCUT2D eigenvalue weighted by molar-refractivity contribution is 5.57. The maximum atomic E-state index is 3.43. The van der Waals surface area contributed by atoms with Crippen molar-refractivity contribution in [1.29, 1.82) is 0 Å². The summed E-state index contributed by atoms with van der Waals surface area (Å²) in [6.45, 7) is 9.49. The molecule has 0 aromatic heterocycles. The second kappa shape index (κ2) is 5.93. The molecule has 1 aromatic rings. The van der Waals surface area contributed by atoms with Crippen molar-refractivity contribution in [3.05, 3.63) is 29.8 Å². The van der Waals surface area contributed by atoms with Gasteiger partial charge in [0.25, 0.3) is 0 Å². The van der Waals surface area contributed by atoms with E-state index in [9.17, 15) is 0 Å². The van der Waals surface area contributed by atoms with Crippen molar-refractivity contribution in [3.8, 4) is 0 Å². The summed E-state index contributed by atoms with van der Waals surface area (Å²) < 4.78 is 0. The van der Waals surface area contributed by atoms with Gasteiger partial charge in [0.05, 0.1) is 0 Å². The van der Waals surface area contributed by atoms with Crippen molar-refractivity contribution in [2.75, 3.05) is 44.2 Å². The fourth-order valence-corrected chi connectivity index (χ4v) is 3.29. The third kappa shape index (κ3) is 2.93. The fourth-order valence-electron chi connectivity index (χ4n) is 3.29. The van der Waals surface area contributed by atoms with E-state index in [2.05, 4.69) is 46.3 Å². The molecule has 2 aliphatic heterocycles. The number of piperazine rings is 1. The zero-order valence-electron chi connectivity index (χ0n) is 11.9. The van der Waals surface area contributed by atoms with Crippen LogP contribution >= 0.6 is 0 Å². The fraction of sp³-hybridized carbons (Fsp3) is 0.625. The Hall–Kier alpha value is -1.06. The summed E-state index contributed by atoms with van der Waals surface area (Å²) in [5.74, 6) is 0. The average Bonchev–Trinajstić information content (AvgIpc) is 2.89. The zero-order chi connectivity index (χ0) is 13.1. The van der Waals surface area contributed by atoms with Gasteiger partial charge in [-0.25, -0.2) is 0 Å². The van der Waals surface area contributed by atoms with E-state index >= 15 is 0 Å². The molecule has 0 bridgehead atoms. The Labute approximate surface area is 116 Å². The van der Waals surface area contributed by atoms with Gasteiger partial charge in [-0.15, -0.1) is 0 Å². The first-order valence-corrected chi connectivity index (χ1v) is 7.62. The third-order valence-corrected chi connectivity index (χ3v) is 4.58. The van der Waals surface area contributed by atoms with Crippen molar-refractivity contribution >= 4 is 5.69 Å². The minimum absolute atomic E-state index is 0.704.